The molecular formula is C33H34F3N5O. The van der Waals surface area contributed by atoms with Crippen LogP contribution in [0.1, 0.15) is 52.3 Å². The van der Waals surface area contributed by atoms with E-state index in [9.17, 15) is 18.0 Å². The minimum atomic E-state index is -4.64. The van der Waals surface area contributed by atoms with Gasteiger partial charge in [-0.25, -0.2) is 9.97 Å². The molecule has 218 valence electrons. The largest absolute Gasteiger partial charge is 0.417 e. The third kappa shape index (κ3) is 6.85. The highest BCUT2D eigenvalue weighted by atomic mass is 19.4. The summed E-state index contributed by atoms with van der Waals surface area (Å²) in [5.74, 6) is 0.0373. The molecule has 0 atom stereocenters. The molecule has 2 aromatic heterocycles. The average Bonchev–Trinajstić information content (AvgIpc) is 2.99. The quantitative estimate of drug-likeness (QED) is 0.227. The molecule has 3 heterocycles. The number of aromatic nitrogens is 3. The first-order valence-corrected chi connectivity index (χ1v) is 14.1. The summed E-state index contributed by atoms with van der Waals surface area (Å²) in [6.45, 7) is 9.04. The Kier molecular flexibility index (Phi) is 8.68. The number of anilines is 1. The number of nitrogens with zero attached hydrogens (tertiary/aromatic N) is 5. The highest BCUT2D eigenvalue weighted by Gasteiger charge is 2.36. The molecule has 0 radical (unpaired) electrons. The number of pyridine rings is 1. The zero-order valence-corrected chi connectivity index (χ0v) is 24.0. The number of ketones is 1. The Hall–Kier alpha value is -4.11. The first kappa shape index (κ1) is 29.4. The number of halogens is 3. The van der Waals surface area contributed by atoms with E-state index < -0.39 is 17.5 Å². The van der Waals surface area contributed by atoms with Gasteiger partial charge in [-0.05, 0) is 73.9 Å². The minimum Gasteiger partial charge on any atom is -0.369 e. The van der Waals surface area contributed by atoms with E-state index in [-0.39, 0.29) is 12.0 Å². The van der Waals surface area contributed by atoms with Crippen molar-refractivity contribution in [3.05, 3.63) is 107 Å². The molecule has 42 heavy (non-hydrogen) atoms. The zero-order chi connectivity index (χ0) is 29.9. The molecule has 0 N–H and O–H groups in total. The van der Waals surface area contributed by atoms with Crippen LogP contribution in [0.2, 0.25) is 0 Å². The molecule has 0 amide bonds. The van der Waals surface area contributed by atoms with Crippen molar-refractivity contribution in [2.45, 2.75) is 45.8 Å². The highest BCUT2D eigenvalue weighted by Crippen LogP contribution is 2.36. The van der Waals surface area contributed by atoms with Crippen LogP contribution in [0.3, 0.4) is 0 Å². The van der Waals surface area contributed by atoms with Crippen LogP contribution in [0.25, 0.3) is 11.3 Å². The number of piperazine rings is 1. The lowest BCUT2D eigenvalue weighted by molar-refractivity contribution is -0.137. The topological polar surface area (TPSA) is 62.2 Å². The fourth-order valence-electron chi connectivity index (χ4n) is 5.34. The minimum absolute atomic E-state index is 0.140. The van der Waals surface area contributed by atoms with Gasteiger partial charge in [-0.2, -0.15) is 13.2 Å². The van der Waals surface area contributed by atoms with Crippen molar-refractivity contribution in [1.29, 1.82) is 0 Å². The molecule has 0 saturated carbocycles. The third-order valence-corrected chi connectivity index (χ3v) is 7.81. The van der Waals surface area contributed by atoms with Gasteiger partial charge in [0.2, 0.25) is 0 Å². The van der Waals surface area contributed by atoms with Gasteiger partial charge >= 0.3 is 6.18 Å². The normalized spacial score (nSPS) is 14.4. The van der Waals surface area contributed by atoms with Crippen LogP contribution < -0.4 is 4.90 Å². The Bertz CT molecular complexity index is 1550. The molecule has 1 aliphatic rings. The van der Waals surface area contributed by atoms with E-state index in [2.05, 4.69) is 33.7 Å². The lowest BCUT2D eigenvalue weighted by Crippen LogP contribution is -2.49. The van der Waals surface area contributed by atoms with Gasteiger partial charge in [-0.3, -0.25) is 14.7 Å². The van der Waals surface area contributed by atoms with Crippen molar-refractivity contribution in [3.63, 3.8) is 0 Å². The molecular weight excluding hydrogens is 539 g/mol. The smallest absolute Gasteiger partial charge is 0.369 e. The van der Waals surface area contributed by atoms with Gasteiger partial charge in [0.25, 0.3) is 0 Å². The lowest BCUT2D eigenvalue weighted by Gasteiger charge is -2.38. The average molecular weight is 574 g/mol. The molecule has 1 fully saturated rings. The van der Waals surface area contributed by atoms with Crippen LogP contribution in [0.15, 0.2) is 73.2 Å². The van der Waals surface area contributed by atoms with Gasteiger partial charge in [-0.15, -0.1) is 0 Å². The molecule has 0 spiro atoms. The van der Waals surface area contributed by atoms with E-state index in [1.54, 1.807) is 30.7 Å². The van der Waals surface area contributed by atoms with Gasteiger partial charge in [-0.1, -0.05) is 18.2 Å². The second-order valence-electron chi connectivity index (χ2n) is 11.0. The number of rotatable bonds is 8. The van der Waals surface area contributed by atoms with Gasteiger partial charge < -0.3 is 4.90 Å². The maximum Gasteiger partial charge on any atom is 0.417 e. The number of aryl methyl sites for hydroxylation is 1. The molecule has 0 aliphatic carbocycles. The standard InChI is InChI=1S/C33H34F3N5O/c1-22(2)40-13-15-41(16-14-40)27-8-9-28(29(20-27)33(34,35)36)31(42)18-24-7-6-23(3)26(17-24)19-32-38-12-10-30(39-32)25-5-4-11-37-21-25/h4-12,17,20-22H,13-16,18-19H2,1-3H3. The van der Waals surface area contributed by atoms with Gasteiger partial charge in [0, 0.05) is 80.5 Å². The fourth-order valence-corrected chi connectivity index (χ4v) is 5.34. The van der Waals surface area contributed by atoms with Crippen LogP contribution in [0.5, 0.6) is 0 Å². The Morgan fingerprint density at radius 3 is 2.45 bits per heavy atom. The van der Waals surface area contributed by atoms with Crippen molar-refractivity contribution in [2.24, 2.45) is 0 Å². The molecule has 0 bridgehead atoms. The lowest BCUT2D eigenvalue weighted by atomic mass is 9.94. The van der Waals surface area contributed by atoms with Crippen molar-refractivity contribution >= 4 is 11.5 Å². The third-order valence-electron chi connectivity index (χ3n) is 7.81. The number of alkyl halides is 3. The summed E-state index contributed by atoms with van der Waals surface area (Å²) in [5, 5.41) is 0. The first-order valence-electron chi connectivity index (χ1n) is 14.1. The van der Waals surface area contributed by atoms with Crippen molar-refractivity contribution in [2.75, 3.05) is 31.1 Å². The zero-order valence-electron chi connectivity index (χ0n) is 24.0. The van der Waals surface area contributed by atoms with Crippen molar-refractivity contribution in [3.8, 4) is 11.3 Å². The van der Waals surface area contributed by atoms with E-state index in [1.165, 1.54) is 6.07 Å². The number of Topliss-reactive ketones (excluding diaryl/α,β-unsaturated/α-hetero) is 1. The second-order valence-corrected chi connectivity index (χ2v) is 11.0. The Morgan fingerprint density at radius 1 is 0.976 bits per heavy atom. The molecule has 1 saturated heterocycles. The summed E-state index contributed by atoms with van der Waals surface area (Å²) >= 11 is 0. The molecule has 6 nitrogen and oxygen atoms in total. The number of carbonyl (C=O) groups excluding carboxylic acids is 1. The SMILES string of the molecule is Cc1ccc(CC(=O)c2ccc(N3CCN(C(C)C)CC3)cc2C(F)(F)F)cc1Cc1nccc(-c2cccnc2)n1. The van der Waals surface area contributed by atoms with E-state index in [4.69, 9.17) is 0 Å². The summed E-state index contributed by atoms with van der Waals surface area (Å²) in [4.78, 5) is 30.8. The van der Waals surface area contributed by atoms with E-state index >= 15 is 0 Å². The predicted molar refractivity (Wildman–Crippen MR) is 158 cm³/mol. The van der Waals surface area contributed by atoms with Crippen LogP contribution in [-0.2, 0) is 19.0 Å². The predicted octanol–water partition coefficient (Wildman–Crippen LogP) is 6.41. The van der Waals surface area contributed by atoms with E-state index in [1.807, 2.05) is 42.2 Å². The van der Waals surface area contributed by atoms with Crippen molar-refractivity contribution < 1.29 is 18.0 Å². The molecule has 4 aromatic rings. The summed E-state index contributed by atoms with van der Waals surface area (Å²) in [6, 6.07) is 15.6. The molecule has 5 rings (SSSR count). The molecule has 1 aliphatic heterocycles. The van der Waals surface area contributed by atoms with Gasteiger partial charge in [0.1, 0.15) is 5.82 Å². The first-order chi connectivity index (χ1) is 20.1. The Morgan fingerprint density at radius 2 is 1.76 bits per heavy atom. The maximum absolute atomic E-state index is 14.2. The number of hydrogen-bond donors (Lipinski definition) is 0. The highest BCUT2D eigenvalue weighted by molar-refractivity contribution is 5.99. The van der Waals surface area contributed by atoms with Gasteiger partial charge in [0.05, 0.1) is 11.3 Å². The maximum atomic E-state index is 14.2. The van der Waals surface area contributed by atoms with E-state index in [0.717, 1.165) is 41.5 Å². The fraction of sp³-hybridized carbons (Fsp3) is 0.333. The van der Waals surface area contributed by atoms with Gasteiger partial charge in [0.15, 0.2) is 5.78 Å². The summed E-state index contributed by atoms with van der Waals surface area (Å²) < 4.78 is 42.5. The van der Waals surface area contributed by atoms with Crippen LogP contribution in [0.4, 0.5) is 18.9 Å². The Balaban J connectivity index is 1.34. The number of hydrogen-bond acceptors (Lipinski definition) is 6. The summed E-state index contributed by atoms with van der Waals surface area (Å²) in [5.41, 5.74) is 3.48. The molecule has 9 heteroatoms. The van der Waals surface area contributed by atoms with Crippen LogP contribution >= 0.6 is 0 Å². The second kappa shape index (κ2) is 12.4. The number of benzene rings is 2. The van der Waals surface area contributed by atoms with Crippen LogP contribution in [-0.4, -0.2) is 57.9 Å². The van der Waals surface area contributed by atoms with Crippen LogP contribution in [0, 0.1) is 6.92 Å². The molecule has 0 unspecified atom stereocenters. The van der Waals surface area contributed by atoms with Crippen molar-refractivity contribution in [1.82, 2.24) is 19.9 Å². The van der Waals surface area contributed by atoms with E-state index in [0.29, 0.717) is 42.6 Å². The molecule has 2 aromatic carbocycles. The monoisotopic (exact) mass is 573 g/mol. The summed E-state index contributed by atoms with van der Waals surface area (Å²) in [6.07, 6.45) is 0.768. The number of carbonyl (C=O) groups is 1. The summed E-state index contributed by atoms with van der Waals surface area (Å²) in [7, 11) is 0. The Labute approximate surface area is 244 Å².